The molecule has 1 amide bonds. The molecule has 3 aromatic carbocycles. The number of carbonyl (C=O) groups excluding carboxylic acids is 1. The van der Waals surface area contributed by atoms with E-state index in [0.29, 0.717) is 40.4 Å². The molecule has 2 aliphatic heterocycles. The summed E-state index contributed by atoms with van der Waals surface area (Å²) in [6, 6.07) is 19.6. The van der Waals surface area contributed by atoms with Gasteiger partial charge < -0.3 is 23.5 Å². The number of rotatable bonds is 7. The van der Waals surface area contributed by atoms with Gasteiger partial charge >= 0.3 is 0 Å². The standard InChI is InChI=1S/C29H25NO6/c1-2-3-13-33-20-8-6-7-19(15-20)26-25-27(31)21-9-4-5-10-22(21)36-28(25)29(32)30(26)16-18-11-12-23-24(14-18)35-17-34-23/h4-12,14-15,26H,2-3,13,16-17H2,1H3. The number of fused-ring (bicyclic) bond motifs is 3. The molecular formula is C29H25NO6. The summed E-state index contributed by atoms with van der Waals surface area (Å²) in [5.74, 6) is 1.77. The number of ether oxygens (including phenoxy) is 3. The third kappa shape index (κ3) is 3.77. The van der Waals surface area contributed by atoms with Crippen molar-refractivity contribution in [3.8, 4) is 17.2 Å². The third-order valence-corrected chi connectivity index (χ3v) is 6.60. The molecule has 0 saturated carbocycles. The number of carbonyl (C=O) groups is 1. The fourth-order valence-corrected chi connectivity index (χ4v) is 4.82. The van der Waals surface area contributed by atoms with E-state index in [1.165, 1.54) is 0 Å². The molecule has 3 heterocycles. The van der Waals surface area contributed by atoms with Crippen LogP contribution in [0.25, 0.3) is 11.0 Å². The zero-order valence-electron chi connectivity index (χ0n) is 19.9. The molecule has 2 aliphatic rings. The average molecular weight is 484 g/mol. The lowest BCUT2D eigenvalue weighted by atomic mass is 9.98. The van der Waals surface area contributed by atoms with Crippen LogP contribution in [-0.4, -0.2) is 24.2 Å². The van der Waals surface area contributed by atoms with Crippen molar-refractivity contribution in [2.75, 3.05) is 13.4 Å². The predicted octanol–water partition coefficient (Wildman–Crippen LogP) is 5.45. The first-order chi connectivity index (χ1) is 17.6. The summed E-state index contributed by atoms with van der Waals surface area (Å²) in [4.78, 5) is 29.1. The summed E-state index contributed by atoms with van der Waals surface area (Å²) < 4.78 is 22.9. The molecule has 182 valence electrons. The lowest BCUT2D eigenvalue weighted by Gasteiger charge is -2.25. The van der Waals surface area contributed by atoms with Crippen molar-refractivity contribution in [2.24, 2.45) is 0 Å². The van der Waals surface area contributed by atoms with Gasteiger partial charge in [-0.25, -0.2) is 0 Å². The van der Waals surface area contributed by atoms with Crippen molar-refractivity contribution in [3.05, 3.63) is 99.4 Å². The minimum Gasteiger partial charge on any atom is -0.494 e. The lowest BCUT2D eigenvalue weighted by Crippen LogP contribution is -2.29. The van der Waals surface area contributed by atoms with Crippen LogP contribution in [0, 0.1) is 0 Å². The van der Waals surface area contributed by atoms with Crippen molar-refractivity contribution in [1.29, 1.82) is 0 Å². The van der Waals surface area contributed by atoms with Crippen molar-refractivity contribution >= 4 is 16.9 Å². The predicted molar refractivity (Wildman–Crippen MR) is 134 cm³/mol. The van der Waals surface area contributed by atoms with E-state index in [9.17, 15) is 9.59 Å². The molecule has 0 saturated heterocycles. The molecule has 0 bridgehead atoms. The molecule has 0 N–H and O–H groups in total. The first kappa shape index (κ1) is 22.2. The fourth-order valence-electron chi connectivity index (χ4n) is 4.82. The highest BCUT2D eigenvalue weighted by molar-refractivity contribution is 5.99. The average Bonchev–Trinajstić information content (AvgIpc) is 3.47. The van der Waals surface area contributed by atoms with Crippen molar-refractivity contribution in [1.82, 2.24) is 4.90 Å². The van der Waals surface area contributed by atoms with Gasteiger partial charge in [-0.15, -0.1) is 0 Å². The zero-order chi connectivity index (χ0) is 24.6. The summed E-state index contributed by atoms with van der Waals surface area (Å²) in [7, 11) is 0. The van der Waals surface area contributed by atoms with E-state index >= 15 is 0 Å². The molecule has 0 fully saturated rings. The molecule has 6 rings (SSSR count). The second-order valence-corrected chi connectivity index (χ2v) is 8.97. The van der Waals surface area contributed by atoms with E-state index in [1.807, 2.05) is 42.5 Å². The number of hydrogen-bond donors (Lipinski definition) is 0. The number of para-hydroxylation sites is 1. The topological polar surface area (TPSA) is 78.2 Å². The van der Waals surface area contributed by atoms with E-state index < -0.39 is 6.04 Å². The lowest BCUT2D eigenvalue weighted by molar-refractivity contribution is 0.0714. The normalized spacial score (nSPS) is 16.0. The maximum Gasteiger partial charge on any atom is 0.291 e. The van der Waals surface area contributed by atoms with Gasteiger partial charge in [-0.1, -0.05) is 43.7 Å². The highest BCUT2D eigenvalue weighted by atomic mass is 16.7. The van der Waals surface area contributed by atoms with Crippen LogP contribution in [0.1, 0.15) is 53.1 Å². The highest BCUT2D eigenvalue weighted by Crippen LogP contribution is 2.41. The number of amides is 1. The third-order valence-electron chi connectivity index (χ3n) is 6.60. The number of unbranched alkanes of at least 4 members (excludes halogenated alkanes) is 1. The number of benzene rings is 3. The Balaban J connectivity index is 1.46. The van der Waals surface area contributed by atoms with Crippen molar-refractivity contribution < 1.29 is 23.4 Å². The first-order valence-corrected chi connectivity index (χ1v) is 12.1. The molecule has 1 aromatic heterocycles. The Morgan fingerprint density at radius 2 is 1.83 bits per heavy atom. The maximum absolute atomic E-state index is 13.7. The summed E-state index contributed by atoms with van der Waals surface area (Å²) in [6.45, 7) is 3.15. The summed E-state index contributed by atoms with van der Waals surface area (Å²) in [5, 5.41) is 0.453. The Bertz CT molecular complexity index is 1520. The van der Waals surface area contributed by atoms with Crippen LogP contribution in [0.15, 0.2) is 75.9 Å². The maximum atomic E-state index is 13.7. The highest BCUT2D eigenvalue weighted by Gasteiger charge is 2.43. The van der Waals surface area contributed by atoms with Crippen LogP contribution in [0.5, 0.6) is 17.2 Å². The van der Waals surface area contributed by atoms with Gasteiger partial charge in [0.05, 0.1) is 23.6 Å². The van der Waals surface area contributed by atoms with E-state index in [2.05, 4.69) is 6.92 Å². The quantitative estimate of drug-likeness (QED) is 0.326. The van der Waals surface area contributed by atoms with E-state index in [0.717, 1.165) is 24.0 Å². The zero-order valence-corrected chi connectivity index (χ0v) is 19.9. The Morgan fingerprint density at radius 3 is 2.72 bits per heavy atom. The van der Waals surface area contributed by atoms with Crippen LogP contribution in [0.3, 0.4) is 0 Å². The number of hydrogen-bond acceptors (Lipinski definition) is 6. The minimum absolute atomic E-state index is 0.0850. The van der Waals surface area contributed by atoms with Crippen LogP contribution in [0.4, 0.5) is 0 Å². The Labute approximate surface area is 207 Å². The second-order valence-electron chi connectivity index (χ2n) is 8.97. The molecule has 1 atom stereocenters. The summed E-state index contributed by atoms with van der Waals surface area (Å²) in [5.41, 5.74) is 2.20. The first-order valence-electron chi connectivity index (χ1n) is 12.1. The molecule has 36 heavy (non-hydrogen) atoms. The molecule has 0 spiro atoms. The van der Waals surface area contributed by atoms with E-state index in [-0.39, 0.29) is 30.4 Å². The SMILES string of the molecule is CCCCOc1cccc(C2c3c(oc4ccccc4c3=O)C(=O)N2Cc2ccc3c(c2)OCO3)c1. The van der Waals surface area contributed by atoms with Gasteiger partial charge in [-0.2, -0.15) is 0 Å². The summed E-state index contributed by atoms with van der Waals surface area (Å²) in [6.07, 6.45) is 1.97. The van der Waals surface area contributed by atoms with E-state index in [1.54, 1.807) is 29.2 Å². The second kappa shape index (κ2) is 9.07. The minimum atomic E-state index is -0.617. The van der Waals surface area contributed by atoms with Gasteiger partial charge in [0.1, 0.15) is 11.3 Å². The molecular weight excluding hydrogens is 458 g/mol. The van der Waals surface area contributed by atoms with Crippen LogP contribution >= 0.6 is 0 Å². The molecule has 7 heteroatoms. The summed E-state index contributed by atoms with van der Waals surface area (Å²) >= 11 is 0. The van der Waals surface area contributed by atoms with Crippen molar-refractivity contribution in [3.63, 3.8) is 0 Å². The Morgan fingerprint density at radius 1 is 0.972 bits per heavy atom. The van der Waals surface area contributed by atoms with Gasteiger partial charge in [-0.3, -0.25) is 9.59 Å². The Hall–Kier alpha value is -4.26. The van der Waals surface area contributed by atoms with Gasteiger partial charge in [0.2, 0.25) is 12.6 Å². The van der Waals surface area contributed by atoms with Crippen LogP contribution < -0.4 is 19.6 Å². The molecule has 0 radical (unpaired) electrons. The van der Waals surface area contributed by atoms with Crippen molar-refractivity contribution in [2.45, 2.75) is 32.4 Å². The number of nitrogens with zero attached hydrogens (tertiary/aromatic N) is 1. The molecule has 4 aromatic rings. The van der Waals surface area contributed by atoms with Gasteiger partial charge in [0.15, 0.2) is 16.9 Å². The molecule has 7 nitrogen and oxygen atoms in total. The van der Waals surface area contributed by atoms with Gasteiger partial charge in [0.25, 0.3) is 5.91 Å². The smallest absolute Gasteiger partial charge is 0.291 e. The van der Waals surface area contributed by atoms with Crippen LogP contribution in [-0.2, 0) is 6.54 Å². The van der Waals surface area contributed by atoms with Gasteiger partial charge in [0, 0.05) is 6.54 Å². The molecule has 0 aliphatic carbocycles. The molecule has 1 unspecified atom stereocenters. The van der Waals surface area contributed by atoms with Crippen LogP contribution in [0.2, 0.25) is 0 Å². The monoisotopic (exact) mass is 483 g/mol. The largest absolute Gasteiger partial charge is 0.494 e. The fraction of sp³-hybridized carbons (Fsp3) is 0.241. The van der Waals surface area contributed by atoms with Gasteiger partial charge in [-0.05, 0) is 53.9 Å². The van der Waals surface area contributed by atoms with E-state index in [4.69, 9.17) is 18.6 Å². The Kier molecular flexibility index (Phi) is 5.60.